The maximum atomic E-state index is 12.1. The summed E-state index contributed by atoms with van der Waals surface area (Å²) in [5.41, 5.74) is 3.34. The van der Waals surface area contributed by atoms with E-state index in [2.05, 4.69) is 10.3 Å². The molecule has 0 unspecified atom stereocenters. The number of hydrogen-bond donors (Lipinski definition) is 1. The molecule has 1 aromatic carbocycles. The maximum absolute atomic E-state index is 12.1. The van der Waals surface area contributed by atoms with Crippen LogP contribution >= 0.6 is 11.6 Å². The molecule has 0 aliphatic heterocycles. The number of carbonyl (C=O) groups excluding carboxylic acids is 1. The minimum Gasteiger partial charge on any atom is -0.378 e. The number of nitrogens with zero attached hydrogens (tertiary/aromatic N) is 2. The zero-order valence-corrected chi connectivity index (χ0v) is 13.1. The van der Waals surface area contributed by atoms with E-state index >= 15 is 0 Å². The Morgan fingerprint density at radius 1 is 1.29 bits per heavy atom. The van der Waals surface area contributed by atoms with Crippen LogP contribution in [0.25, 0.3) is 0 Å². The number of rotatable bonds is 4. The Labute approximate surface area is 129 Å². The number of hydrogen-bond acceptors (Lipinski definition) is 3. The zero-order valence-electron chi connectivity index (χ0n) is 12.4. The van der Waals surface area contributed by atoms with Crippen LogP contribution in [0.5, 0.6) is 0 Å². The molecular weight excluding hydrogens is 286 g/mol. The van der Waals surface area contributed by atoms with Crippen LogP contribution in [-0.4, -0.2) is 25.0 Å². The molecule has 0 bridgehead atoms. The first-order valence-electron chi connectivity index (χ1n) is 6.64. The number of pyridine rings is 1. The first kappa shape index (κ1) is 15.3. The summed E-state index contributed by atoms with van der Waals surface area (Å²) in [5, 5.41) is 3.27. The lowest BCUT2D eigenvalue weighted by Gasteiger charge is -2.13. The van der Waals surface area contributed by atoms with Crippen LogP contribution in [0.1, 0.15) is 21.6 Å². The molecule has 0 aliphatic carbocycles. The molecule has 21 heavy (non-hydrogen) atoms. The molecule has 0 radical (unpaired) electrons. The molecule has 1 amide bonds. The number of aryl methyl sites for hydroxylation is 1. The number of aromatic nitrogens is 1. The first-order valence-corrected chi connectivity index (χ1v) is 7.02. The SMILES string of the molecule is Cc1cc(Cl)c(C(=O)NCc2ccc(N(C)C)cc2)cn1. The normalized spacial score (nSPS) is 10.3. The Kier molecular flexibility index (Phi) is 4.81. The van der Waals surface area contributed by atoms with Crippen molar-refractivity contribution in [3.63, 3.8) is 0 Å². The Hall–Kier alpha value is -2.07. The molecule has 1 aromatic heterocycles. The summed E-state index contributed by atoms with van der Waals surface area (Å²) in [5.74, 6) is -0.218. The Bertz CT molecular complexity index is 638. The highest BCUT2D eigenvalue weighted by atomic mass is 35.5. The number of halogens is 1. The van der Waals surface area contributed by atoms with Crippen LogP contribution in [0.3, 0.4) is 0 Å². The van der Waals surface area contributed by atoms with Gasteiger partial charge in [-0.25, -0.2) is 0 Å². The van der Waals surface area contributed by atoms with E-state index in [4.69, 9.17) is 11.6 Å². The lowest BCUT2D eigenvalue weighted by molar-refractivity contribution is 0.0950. The van der Waals surface area contributed by atoms with Crippen molar-refractivity contribution in [2.45, 2.75) is 13.5 Å². The monoisotopic (exact) mass is 303 g/mol. The van der Waals surface area contributed by atoms with Gasteiger partial charge in [-0.1, -0.05) is 23.7 Å². The van der Waals surface area contributed by atoms with Crippen LogP contribution in [0.4, 0.5) is 5.69 Å². The predicted molar refractivity (Wildman–Crippen MR) is 85.9 cm³/mol. The molecule has 110 valence electrons. The van der Waals surface area contributed by atoms with Crippen molar-refractivity contribution in [1.29, 1.82) is 0 Å². The summed E-state index contributed by atoms with van der Waals surface area (Å²) < 4.78 is 0. The van der Waals surface area contributed by atoms with E-state index in [0.717, 1.165) is 16.9 Å². The minimum atomic E-state index is -0.218. The van der Waals surface area contributed by atoms with Gasteiger partial charge >= 0.3 is 0 Å². The molecule has 0 aliphatic rings. The molecule has 1 N–H and O–H groups in total. The van der Waals surface area contributed by atoms with Gasteiger partial charge in [0.2, 0.25) is 0 Å². The lowest BCUT2D eigenvalue weighted by atomic mass is 10.2. The highest BCUT2D eigenvalue weighted by Gasteiger charge is 2.10. The average Bonchev–Trinajstić information content (AvgIpc) is 2.45. The second-order valence-corrected chi connectivity index (χ2v) is 5.46. The molecule has 0 fully saturated rings. The fourth-order valence-corrected chi connectivity index (χ4v) is 2.18. The molecule has 0 spiro atoms. The molecule has 0 saturated heterocycles. The van der Waals surface area contributed by atoms with E-state index in [1.807, 2.05) is 50.2 Å². The summed E-state index contributed by atoms with van der Waals surface area (Å²) in [4.78, 5) is 18.2. The number of carbonyl (C=O) groups is 1. The lowest BCUT2D eigenvalue weighted by Crippen LogP contribution is -2.23. The van der Waals surface area contributed by atoms with Gasteiger partial charge in [-0.3, -0.25) is 9.78 Å². The van der Waals surface area contributed by atoms with Gasteiger partial charge in [-0.15, -0.1) is 0 Å². The summed E-state index contributed by atoms with van der Waals surface area (Å²) in [6.07, 6.45) is 1.50. The second kappa shape index (κ2) is 6.59. The molecule has 1 heterocycles. The van der Waals surface area contributed by atoms with Crippen molar-refractivity contribution in [3.05, 3.63) is 58.4 Å². The van der Waals surface area contributed by atoms with Crippen molar-refractivity contribution in [1.82, 2.24) is 10.3 Å². The first-order chi connectivity index (χ1) is 9.97. The van der Waals surface area contributed by atoms with Crippen LogP contribution in [0.2, 0.25) is 5.02 Å². The highest BCUT2D eigenvalue weighted by molar-refractivity contribution is 6.33. The molecule has 5 heteroatoms. The van der Waals surface area contributed by atoms with E-state index in [1.165, 1.54) is 6.20 Å². The molecule has 0 saturated carbocycles. The Morgan fingerprint density at radius 2 is 1.95 bits per heavy atom. The van der Waals surface area contributed by atoms with Crippen molar-refractivity contribution in [2.24, 2.45) is 0 Å². The molecule has 2 aromatic rings. The third-order valence-electron chi connectivity index (χ3n) is 3.14. The molecule has 2 rings (SSSR count). The number of benzene rings is 1. The Morgan fingerprint density at radius 3 is 2.52 bits per heavy atom. The van der Waals surface area contributed by atoms with Crippen LogP contribution < -0.4 is 10.2 Å². The number of nitrogens with one attached hydrogen (secondary N) is 1. The van der Waals surface area contributed by atoms with Gasteiger partial charge in [0, 0.05) is 38.2 Å². The topological polar surface area (TPSA) is 45.2 Å². The number of amides is 1. The fourth-order valence-electron chi connectivity index (χ4n) is 1.88. The van der Waals surface area contributed by atoms with E-state index < -0.39 is 0 Å². The maximum Gasteiger partial charge on any atom is 0.254 e. The molecule has 0 atom stereocenters. The van der Waals surface area contributed by atoms with Crippen molar-refractivity contribution in [3.8, 4) is 0 Å². The largest absolute Gasteiger partial charge is 0.378 e. The molecule has 4 nitrogen and oxygen atoms in total. The number of anilines is 1. The van der Waals surface area contributed by atoms with Crippen LogP contribution in [-0.2, 0) is 6.54 Å². The summed E-state index contributed by atoms with van der Waals surface area (Å²) in [6.45, 7) is 2.29. The fraction of sp³-hybridized carbons (Fsp3) is 0.250. The third kappa shape index (κ3) is 3.95. The standard InChI is InChI=1S/C16H18ClN3O/c1-11-8-15(17)14(10-18-11)16(21)19-9-12-4-6-13(7-5-12)20(2)3/h4-8,10H,9H2,1-3H3,(H,19,21). The Balaban J connectivity index is 2.00. The van der Waals surface area contributed by atoms with Gasteiger partial charge in [0.05, 0.1) is 10.6 Å². The smallest absolute Gasteiger partial charge is 0.254 e. The predicted octanol–water partition coefficient (Wildman–Crippen LogP) is 3.04. The minimum absolute atomic E-state index is 0.218. The highest BCUT2D eigenvalue weighted by Crippen LogP contribution is 2.16. The third-order valence-corrected chi connectivity index (χ3v) is 3.45. The van der Waals surface area contributed by atoms with E-state index in [0.29, 0.717) is 17.1 Å². The summed E-state index contributed by atoms with van der Waals surface area (Å²) in [7, 11) is 3.98. The van der Waals surface area contributed by atoms with Gasteiger partial charge in [0.25, 0.3) is 5.91 Å². The second-order valence-electron chi connectivity index (χ2n) is 5.05. The van der Waals surface area contributed by atoms with E-state index in [1.54, 1.807) is 6.07 Å². The zero-order chi connectivity index (χ0) is 15.4. The van der Waals surface area contributed by atoms with Gasteiger partial charge < -0.3 is 10.2 Å². The summed E-state index contributed by atoms with van der Waals surface area (Å²) >= 11 is 6.06. The van der Waals surface area contributed by atoms with Gasteiger partial charge in [0.15, 0.2) is 0 Å². The van der Waals surface area contributed by atoms with Crippen molar-refractivity contribution >= 4 is 23.2 Å². The van der Waals surface area contributed by atoms with Gasteiger partial charge in [-0.05, 0) is 30.7 Å². The van der Waals surface area contributed by atoms with Crippen molar-refractivity contribution in [2.75, 3.05) is 19.0 Å². The van der Waals surface area contributed by atoms with E-state index in [9.17, 15) is 4.79 Å². The van der Waals surface area contributed by atoms with Gasteiger partial charge in [-0.2, -0.15) is 0 Å². The van der Waals surface area contributed by atoms with Crippen LogP contribution in [0, 0.1) is 6.92 Å². The van der Waals surface area contributed by atoms with Crippen LogP contribution in [0.15, 0.2) is 36.5 Å². The molecular formula is C16H18ClN3O. The summed E-state index contributed by atoms with van der Waals surface area (Å²) in [6, 6.07) is 9.70. The quantitative estimate of drug-likeness (QED) is 0.944. The van der Waals surface area contributed by atoms with Gasteiger partial charge in [0.1, 0.15) is 0 Å². The van der Waals surface area contributed by atoms with E-state index in [-0.39, 0.29) is 5.91 Å². The van der Waals surface area contributed by atoms with Crippen molar-refractivity contribution < 1.29 is 4.79 Å². The average molecular weight is 304 g/mol.